The van der Waals surface area contributed by atoms with Crippen molar-refractivity contribution in [2.45, 2.75) is 6.54 Å². The summed E-state index contributed by atoms with van der Waals surface area (Å²) in [6.07, 6.45) is 4.85. The van der Waals surface area contributed by atoms with E-state index in [0.717, 1.165) is 5.56 Å². The second kappa shape index (κ2) is 3.73. The van der Waals surface area contributed by atoms with Crippen LogP contribution in [0.4, 0.5) is 5.82 Å². The van der Waals surface area contributed by atoms with E-state index in [2.05, 4.69) is 25.5 Å². The Balaban J connectivity index is 2.02. The van der Waals surface area contributed by atoms with E-state index in [1.165, 1.54) is 12.4 Å². The highest BCUT2D eigenvalue weighted by Gasteiger charge is 1.95. The van der Waals surface area contributed by atoms with E-state index < -0.39 is 0 Å². The highest BCUT2D eigenvalue weighted by atomic mass is 16.1. The molecule has 2 aromatic heterocycles. The molecule has 6 heteroatoms. The van der Waals surface area contributed by atoms with Gasteiger partial charge in [-0.2, -0.15) is 5.10 Å². The molecule has 0 saturated heterocycles. The van der Waals surface area contributed by atoms with Crippen molar-refractivity contribution in [3.8, 4) is 0 Å². The van der Waals surface area contributed by atoms with Crippen LogP contribution in [0.3, 0.4) is 0 Å². The van der Waals surface area contributed by atoms with Crippen LogP contribution in [0.5, 0.6) is 0 Å². The standard InChI is InChI=1S/C8H9N5O/c14-8-1-7(10-5-11-8)9-2-6-3-12-13-4-6/h1,3-5H,2H2,(H,12,13)(H2,9,10,11,14). The van der Waals surface area contributed by atoms with Crippen LogP contribution in [0.2, 0.25) is 0 Å². The highest BCUT2D eigenvalue weighted by Crippen LogP contribution is 2.00. The Bertz CT molecular complexity index is 447. The number of rotatable bonds is 3. The van der Waals surface area contributed by atoms with Gasteiger partial charge in [0.15, 0.2) is 0 Å². The molecule has 6 nitrogen and oxygen atoms in total. The van der Waals surface area contributed by atoms with E-state index in [0.29, 0.717) is 12.4 Å². The predicted octanol–water partition coefficient (Wildman–Crippen LogP) is 0.105. The number of nitrogens with zero attached hydrogens (tertiary/aromatic N) is 2. The van der Waals surface area contributed by atoms with Crippen molar-refractivity contribution < 1.29 is 0 Å². The lowest BCUT2D eigenvalue weighted by atomic mass is 10.3. The molecule has 0 aliphatic carbocycles. The van der Waals surface area contributed by atoms with Crippen LogP contribution in [0.1, 0.15) is 5.56 Å². The first-order valence-corrected chi connectivity index (χ1v) is 4.11. The van der Waals surface area contributed by atoms with Crippen molar-refractivity contribution in [1.29, 1.82) is 0 Å². The number of H-pyrrole nitrogens is 2. The molecule has 72 valence electrons. The Hall–Kier alpha value is -2.11. The van der Waals surface area contributed by atoms with Crippen molar-refractivity contribution in [2.75, 3.05) is 5.32 Å². The van der Waals surface area contributed by atoms with Crippen molar-refractivity contribution in [3.63, 3.8) is 0 Å². The summed E-state index contributed by atoms with van der Waals surface area (Å²) in [5, 5.41) is 9.49. The lowest BCUT2D eigenvalue weighted by Gasteiger charge is -2.01. The van der Waals surface area contributed by atoms with Crippen LogP contribution >= 0.6 is 0 Å². The fraction of sp³-hybridized carbons (Fsp3) is 0.125. The van der Waals surface area contributed by atoms with Gasteiger partial charge in [0.1, 0.15) is 5.82 Å². The summed E-state index contributed by atoms with van der Waals surface area (Å²) < 4.78 is 0. The van der Waals surface area contributed by atoms with E-state index >= 15 is 0 Å². The van der Waals surface area contributed by atoms with Crippen LogP contribution < -0.4 is 10.9 Å². The molecule has 0 spiro atoms. The monoisotopic (exact) mass is 191 g/mol. The van der Waals surface area contributed by atoms with E-state index in [1.807, 2.05) is 0 Å². The second-order valence-corrected chi connectivity index (χ2v) is 2.76. The summed E-state index contributed by atoms with van der Waals surface area (Å²) in [5.74, 6) is 0.551. The zero-order valence-corrected chi connectivity index (χ0v) is 7.32. The Morgan fingerprint density at radius 3 is 3.14 bits per heavy atom. The number of hydrogen-bond donors (Lipinski definition) is 3. The molecule has 2 aromatic rings. The third-order valence-electron chi connectivity index (χ3n) is 1.71. The smallest absolute Gasteiger partial charge is 0.252 e. The van der Waals surface area contributed by atoms with Crippen molar-refractivity contribution in [1.82, 2.24) is 20.2 Å². The highest BCUT2D eigenvalue weighted by molar-refractivity contribution is 5.32. The van der Waals surface area contributed by atoms with Crippen molar-refractivity contribution in [2.24, 2.45) is 0 Å². The van der Waals surface area contributed by atoms with Gasteiger partial charge in [-0.05, 0) is 0 Å². The number of anilines is 1. The molecule has 14 heavy (non-hydrogen) atoms. The summed E-state index contributed by atoms with van der Waals surface area (Å²) in [6.45, 7) is 0.590. The van der Waals surface area contributed by atoms with Crippen LogP contribution in [0.25, 0.3) is 0 Å². The van der Waals surface area contributed by atoms with Gasteiger partial charge in [-0.15, -0.1) is 0 Å². The van der Waals surface area contributed by atoms with Gasteiger partial charge in [0.2, 0.25) is 0 Å². The van der Waals surface area contributed by atoms with Gasteiger partial charge in [0.25, 0.3) is 5.56 Å². The average Bonchev–Trinajstić information content (AvgIpc) is 2.67. The van der Waals surface area contributed by atoms with E-state index in [4.69, 9.17) is 0 Å². The maximum absolute atomic E-state index is 10.9. The third kappa shape index (κ3) is 1.98. The molecular weight excluding hydrogens is 182 g/mol. The Kier molecular flexibility index (Phi) is 2.26. The lowest BCUT2D eigenvalue weighted by molar-refractivity contribution is 1.06. The zero-order chi connectivity index (χ0) is 9.80. The Labute approximate surface area is 79.4 Å². The SMILES string of the molecule is O=c1cc(NCc2cn[nH]c2)nc[nH]1. The van der Waals surface area contributed by atoms with Gasteiger partial charge in [-0.3, -0.25) is 9.89 Å². The Morgan fingerprint density at radius 1 is 1.50 bits per heavy atom. The number of hydrogen-bond acceptors (Lipinski definition) is 4. The van der Waals surface area contributed by atoms with Gasteiger partial charge in [-0.25, -0.2) is 4.98 Å². The van der Waals surface area contributed by atoms with Crippen LogP contribution in [0.15, 0.2) is 29.6 Å². The van der Waals surface area contributed by atoms with Crippen LogP contribution in [0, 0.1) is 0 Å². The predicted molar refractivity (Wildman–Crippen MR) is 50.8 cm³/mol. The molecule has 2 rings (SSSR count). The third-order valence-corrected chi connectivity index (χ3v) is 1.71. The second-order valence-electron chi connectivity index (χ2n) is 2.76. The van der Waals surface area contributed by atoms with Gasteiger partial charge in [0, 0.05) is 24.4 Å². The molecule has 0 aliphatic rings. The largest absolute Gasteiger partial charge is 0.366 e. The van der Waals surface area contributed by atoms with Crippen LogP contribution in [-0.2, 0) is 6.54 Å². The fourth-order valence-electron chi connectivity index (χ4n) is 1.03. The minimum Gasteiger partial charge on any atom is -0.366 e. The summed E-state index contributed by atoms with van der Waals surface area (Å²) >= 11 is 0. The average molecular weight is 191 g/mol. The van der Waals surface area contributed by atoms with E-state index in [1.54, 1.807) is 12.4 Å². The number of nitrogens with one attached hydrogen (secondary N) is 3. The maximum atomic E-state index is 10.9. The fourth-order valence-corrected chi connectivity index (χ4v) is 1.03. The van der Waals surface area contributed by atoms with Gasteiger partial charge in [0.05, 0.1) is 12.5 Å². The summed E-state index contributed by atoms with van der Waals surface area (Å²) in [7, 11) is 0. The molecule has 3 N–H and O–H groups in total. The quantitative estimate of drug-likeness (QED) is 0.642. The molecule has 0 radical (unpaired) electrons. The summed E-state index contributed by atoms with van der Waals surface area (Å²) in [6, 6.07) is 1.40. The number of aromatic nitrogens is 4. The lowest BCUT2D eigenvalue weighted by Crippen LogP contribution is -2.08. The molecule has 0 amide bonds. The van der Waals surface area contributed by atoms with Crippen molar-refractivity contribution in [3.05, 3.63) is 40.7 Å². The van der Waals surface area contributed by atoms with Gasteiger partial charge >= 0.3 is 0 Å². The van der Waals surface area contributed by atoms with E-state index in [-0.39, 0.29) is 5.56 Å². The molecule has 0 unspecified atom stereocenters. The summed E-state index contributed by atoms with van der Waals surface area (Å²) in [4.78, 5) is 17.3. The Morgan fingerprint density at radius 2 is 2.43 bits per heavy atom. The zero-order valence-electron chi connectivity index (χ0n) is 7.32. The minimum absolute atomic E-state index is 0.172. The topological polar surface area (TPSA) is 86.5 Å². The van der Waals surface area contributed by atoms with Crippen molar-refractivity contribution >= 4 is 5.82 Å². The van der Waals surface area contributed by atoms with Gasteiger partial charge < -0.3 is 10.3 Å². The molecule has 0 bridgehead atoms. The minimum atomic E-state index is -0.172. The van der Waals surface area contributed by atoms with Gasteiger partial charge in [-0.1, -0.05) is 0 Å². The molecule has 0 aliphatic heterocycles. The first-order valence-electron chi connectivity index (χ1n) is 4.11. The first kappa shape index (κ1) is 8.49. The van der Waals surface area contributed by atoms with E-state index in [9.17, 15) is 4.79 Å². The molecule has 0 atom stereocenters. The molecule has 0 saturated carbocycles. The molecule has 0 fully saturated rings. The molecular formula is C8H9N5O. The summed E-state index contributed by atoms with van der Waals surface area (Å²) in [5.41, 5.74) is 0.835. The number of aromatic amines is 2. The first-order chi connectivity index (χ1) is 6.84. The maximum Gasteiger partial charge on any atom is 0.252 e. The normalized spacial score (nSPS) is 10.0. The molecule has 2 heterocycles. The molecule has 0 aromatic carbocycles. The van der Waals surface area contributed by atoms with Crippen LogP contribution in [-0.4, -0.2) is 20.2 Å².